The Hall–Kier alpha value is -1.10. The molecule has 0 aromatic heterocycles. The van der Waals surface area contributed by atoms with Crippen molar-refractivity contribution in [2.45, 2.75) is 193 Å². The van der Waals surface area contributed by atoms with Crippen LogP contribution in [0.25, 0.3) is 0 Å². The molecule has 0 aromatic rings. The van der Waals surface area contributed by atoms with Crippen LogP contribution in [0, 0.1) is 11.8 Å². The van der Waals surface area contributed by atoms with Gasteiger partial charge in [-0.15, -0.1) is 0 Å². The summed E-state index contributed by atoms with van der Waals surface area (Å²) in [6.07, 6.45) is 34.6. The predicted molar refractivity (Wildman–Crippen MR) is 182 cm³/mol. The van der Waals surface area contributed by atoms with E-state index in [1.165, 1.54) is 142 Å². The van der Waals surface area contributed by atoms with Gasteiger partial charge in [-0.25, -0.2) is 0 Å². The Labute approximate surface area is 268 Å². The first kappa shape index (κ1) is 39.9. The molecule has 254 valence electrons. The highest BCUT2D eigenvalue weighted by molar-refractivity contribution is 5.69. The standard InChI is InChI=1S/C38H73NO4/c1-5-6-7-8-9-10-13-16-22-28-36(43-38(41)31-25-32-39(2)3)29-23-19-18-21-27-35-33-34(35)26-20-15-12-11-14-17-24-30-37(40)42-4/h34-36H,5-33H2,1-4H3. The Balaban J connectivity index is 2.07. The number of hydrogen-bond donors (Lipinski definition) is 0. The van der Waals surface area contributed by atoms with Crippen LogP contribution in [-0.2, 0) is 19.1 Å². The number of hydrogen-bond acceptors (Lipinski definition) is 5. The van der Waals surface area contributed by atoms with E-state index in [9.17, 15) is 9.59 Å². The number of esters is 2. The monoisotopic (exact) mass is 608 g/mol. The lowest BCUT2D eigenvalue weighted by atomic mass is 10.0. The third-order valence-electron chi connectivity index (χ3n) is 9.52. The van der Waals surface area contributed by atoms with Crippen molar-refractivity contribution in [3.63, 3.8) is 0 Å². The van der Waals surface area contributed by atoms with Crippen LogP contribution >= 0.6 is 0 Å². The smallest absolute Gasteiger partial charge is 0.306 e. The van der Waals surface area contributed by atoms with Crippen LogP contribution < -0.4 is 0 Å². The second kappa shape index (κ2) is 28.4. The van der Waals surface area contributed by atoms with E-state index in [0.717, 1.165) is 50.5 Å². The Morgan fingerprint density at radius 1 is 0.605 bits per heavy atom. The molecule has 0 aromatic carbocycles. The zero-order valence-corrected chi connectivity index (χ0v) is 29.3. The molecule has 0 radical (unpaired) electrons. The van der Waals surface area contributed by atoms with Crippen molar-refractivity contribution in [2.24, 2.45) is 11.8 Å². The Bertz CT molecular complexity index is 652. The van der Waals surface area contributed by atoms with Crippen molar-refractivity contribution in [3.05, 3.63) is 0 Å². The van der Waals surface area contributed by atoms with Crippen LogP contribution in [-0.4, -0.2) is 50.7 Å². The average Bonchev–Trinajstić information content (AvgIpc) is 3.74. The number of ether oxygens (including phenoxy) is 2. The highest BCUT2D eigenvalue weighted by Gasteiger charge is 2.35. The minimum Gasteiger partial charge on any atom is -0.469 e. The van der Waals surface area contributed by atoms with Crippen LogP contribution in [0.4, 0.5) is 0 Å². The fourth-order valence-electron chi connectivity index (χ4n) is 6.54. The summed E-state index contributed by atoms with van der Waals surface area (Å²) in [5.41, 5.74) is 0. The summed E-state index contributed by atoms with van der Waals surface area (Å²) in [6.45, 7) is 3.22. The van der Waals surface area contributed by atoms with Crippen molar-refractivity contribution in [2.75, 3.05) is 27.7 Å². The summed E-state index contributed by atoms with van der Waals surface area (Å²) in [5, 5.41) is 0. The minimum atomic E-state index is -0.0726. The van der Waals surface area contributed by atoms with Gasteiger partial charge >= 0.3 is 11.9 Å². The average molecular weight is 608 g/mol. The first-order valence-electron chi connectivity index (χ1n) is 18.9. The van der Waals surface area contributed by atoms with Gasteiger partial charge in [0.05, 0.1) is 7.11 Å². The van der Waals surface area contributed by atoms with Gasteiger partial charge in [0.25, 0.3) is 0 Å². The van der Waals surface area contributed by atoms with Crippen LogP contribution in [0.3, 0.4) is 0 Å². The lowest BCUT2D eigenvalue weighted by molar-refractivity contribution is -0.150. The zero-order valence-electron chi connectivity index (χ0n) is 29.3. The van der Waals surface area contributed by atoms with E-state index < -0.39 is 0 Å². The molecule has 1 aliphatic rings. The maximum atomic E-state index is 12.5. The maximum absolute atomic E-state index is 12.5. The van der Waals surface area contributed by atoms with Gasteiger partial charge < -0.3 is 14.4 Å². The molecule has 0 spiro atoms. The van der Waals surface area contributed by atoms with E-state index in [0.29, 0.717) is 12.8 Å². The Morgan fingerprint density at radius 2 is 1.05 bits per heavy atom. The van der Waals surface area contributed by atoms with Crippen LogP contribution in [0.2, 0.25) is 0 Å². The molecule has 5 heteroatoms. The molecule has 43 heavy (non-hydrogen) atoms. The third kappa shape index (κ3) is 25.9. The van der Waals surface area contributed by atoms with E-state index >= 15 is 0 Å². The number of rotatable bonds is 32. The second-order valence-electron chi connectivity index (χ2n) is 14.0. The Morgan fingerprint density at radius 3 is 1.53 bits per heavy atom. The van der Waals surface area contributed by atoms with Gasteiger partial charge in [0.1, 0.15) is 6.10 Å². The van der Waals surface area contributed by atoms with E-state index in [1.54, 1.807) is 0 Å². The van der Waals surface area contributed by atoms with Gasteiger partial charge in [-0.2, -0.15) is 0 Å². The first-order valence-corrected chi connectivity index (χ1v) is 18.9. The molecule has 0 bridgehead atoms. The van der Waals surface area contributed by atoms with E-state index in [-0.39, 0.29) is 18.0 Å². The molecule has 3 unspecified atom stereocenters. The summed E-state index contributed by atoms with van der Waals surface area (Å²) >= 11 is 0. The van der Waals surface area contributed by atoms with E-state index in [2.05, 4.69) is 25.9 Å². The summed E-state index contributed by atoms with van der Waals surface area (Å²) in [4.78, 5) is 25.8. The molecule has 0 saturated heterocycles. The lowest BCUT2D eigenvalue weighted by Crippen LogP contribution is -2.20. The summed E-state index contributed by atoms with van der Waals surface area (Å²) in [6, 6.07) is 0. The summed E-state index contributed by atoms with van der Waals surface area (Å²) < 4.78 is 10.7. The molecule has 0 aliphatic heterocycles. The molecule has 1 rings (SSSR count). The maximum Gasteiger partial charge on any atom is 0.306 e. The molecule has 0 N–H and O–H groups in total. The number of methoxy groups -OCH3 is 1. The highest BCUT2D eigenvalue weighted by Crippen LogP contribution is 2.45. The van der Waals surface area contributed by atoms with Gasteiger partial charge in [-0.1, -0.05) is 129 Å². The Kier molecular flexibility index (Phi) is 26.3. The third-order valence-corrected chi connectivity index (χ3v) is 9.52. The van der Waals surface area contributed by atoms with Gasteiger partial charge in [0.15, 0.2) is 0 Å². The minimum absolute atomic E-state index is 0.0122. The predicted octanol–water partition coefficient (Wildman–Crippen LogP) is 10.8. The van der Waals surface area contributed by atoms with Crippen molar-refractivity contribution >= 4 is 11.9 Å². The molecule has 0 amide bonds. The van der Waals surface area contributed by atoms with Crippen molar-refractivity contribution < 1.29 is 19.1 Å². The quantitative estimate of drug-likeness (QED) is 0.0562. The molecule has 1 fully saturated rings. The van der Waals surface area contributed by atoms with E-state index in [1.807, 2.05) is 0 Å². The number of carbonyl (C=O) groups excluding carboxylic acids is 2. The molecule has 1 aliphatic carbocycles. The zero-order chi connectivity index (χ0) is 31.4. The molecule has 1 saturated carbocycles. The van der Waals surface area contributed by atoms with Crippen LogP contribution in [0.1, 0.15) is 187 Å². The highest BCUT2D eigenvalue weighted by atomic mass is 16.5. The second-order valence-corrected chi connectivity index (χ2v) is 14.0. The molecule has 0 heterocycles. The fraction of sp³-hybridized carbons (Fsp3) is 0.947. The van der Waals surface area contributed by atoms with Crippen molar-refractivity contribution in [1.29, 1.82) is 0 Å². The van der Waals surface area contributed by atoms with Gasteiger partial charge in [-0.3, -0.25) is 9.59 Å². The summed E-state index contributed by atoms with van der Waals surface area (Å²) in [7, 11) is 5.59. The van der Waals surface area contributed by atoms with E-state index in [4.69, 9.17) is 9.47 Å². The summed E-state index contributed by atoms with van der Waals surface area (Å²) in [5.74, 6) is 1.95. The van der Waals surface area contributed by atoms with Gasteiger partial charge in [-0.05, 0) is 77.4 Å². The topological polar surface area (TPSA) is 55.8 Å². The lowest BCUT2D eigenvalue weighted by Gasteiger charge is -2.18. The largest absolute Gasteiger partial charge is 0.469 e. The SMILES string of the molecule is CCCCCCCCCCCC(CCCCCCC1CC1CCCCCCCCCC(=O)OC)OC(=O)CCCN(C)C. The number of unbranched alkanes of at least 4 members (excludes halogenated alkanes) is 17. The molecule has 3 atom stereocenters. The number of nitrogens with zero attached hydrogens (tertiary/aromatic N) is 1. The van der Waals surface area contributed by atoms with Gasteiger partial charge in [0, 0.05) is 12.8 Å². The normalized spacial score (nSPS) is 16.9. The first-order chi connectivity index (χ1) is 21.0. The molecular weight excluding hydrogens is 534 g/mol. The van der Waals surface area contributed by atoms with Crippen molar-refractivity contribution in [3.8, 4) is 0 Å². The fourth-order valence-corrected chi connectivity index (χ4v) is 6.54. The van der Waals surface area contributed by atoms with Gasteiger partial charge in [0.2, 0.25) is 0 Å². The molecule has 5 nitrogen and oxygen atoms in total. The van der Waals surface area contributed by atoms with Crippen LogP contribution in [0.15, 0.2) is 0 Å². The van der Waals surface area contributed by atoms with Crippen molar-refractivity contribution in [1.82, 2.24) is 4.90 Å². The number of carbonyl (C=O) groups is 2. The van der Waals surface area contributed by atoms with Crippen LogP contribution in [0.5, 0.6) is 0 Å². The molecular formula is C38H73NO4.